The van der Waals surface area contributed by atoms with Crippen LogP contribution in [0.25, 0.3) is 11.1 Å². The second kappa shape index (κ2) is 17.7. The van der Waals surface area contributed by atoms with Crippen LogP contribution in [0.4, 0.5) is 8.78 Å². The van der Waals surface area contributed by atoms with Gasteiger partial charge in [0.2, 0.25) is 0 Å². The van der Waals surface area contributed by atoms with Gasteiger partial charge in [0.1, 0.15) is 36.5 Å². The van der Waals surface area contributed by atoms with E-state index in [2.05, 4.69) is 30.9 Å². The van der Waals surface area contributed by atoms with Gasteiger partial charge in [-0.15, -0.1) is 0 Å². The zero-order chi connectivity index (χ0) is 37.5. The number of carboxylic acid groups (broad SMARTS) is 1. The molecule has 2 aliphatic rings. The van der Waals surface area contributed by atoms with E-state index in [1.807, 2.05) is 29.2 Å². The first-order chi connectivity index (χ1) is 25.6. The summed E-state index contributed by atoms with van der Waals surface area (Å²) in [6.07, 6.45) is 3.76. The summed E-state index contributed by atoms with van der Waals surface area (Å²) in [5.41, 5.74) is 6.29. The molecule has 0 unspecified atom stereocenters. The third-order valence-electron chi connectivity index (χ3n) is 10.3. The Bertz CT molecular complexity index is 1910. The number of aliphatic hydroxyl groups excluding tert-OH is 1. The highest BCUT2D eigenvalue weighted by molar-refractivity contribution is 6.32. The SMILES string of the molecule is Cc1c(COc2cc(OCc3ccc(F)c(F)c3)c(CN3CCCC[C@H]3C(=O)O)cc2Cl)cccc1-c1cccc(OCCCN2CC[C@@H](O)C2)c1C. The maximum Gasteiger partial charge on any atom is 0.320 e. The molecule has 0 radical (unpaired) electrons. The molecule has 0 aliphatic carbocycles. The summed E-state index contributed by atoms with van der Waals surface area (Å²) in [5, 5.41) is 20.0. The Kier molecular flexibility index (Phi) is 12.9. The molecule has 2 N–H and O–H groups in total. The Morgan fingerprint density at radius 1 is 0.830 bits per heavy atom. The summed E-state index contributed by atoms with van der Waals surface area (Å²) in [7, 11) is 0. The number of aliphatic carboxylic acids is 1. The molecule has 2 heterocycles. The number of aliphatic hydroxyl groups is 1. The summed E-state index contributed by atoms with van der Waals surface area (Å²) < 4.78 is 46.3. The topological polar surface area (TPSA) is 91.7 Å². The molecular weight excluding hydrogens is 702 g/mol. The van der Waals surface area contributed by atoms with E-state index < -0.39 is 23.6 Å². The molecule has 0 saturated carbocycles. The van der Waals surface area contributed by atoms with Crippen molar-refractivity contribution in [1.82, 2.24) is 9.80 Å². The van der Waals surface area contributed by atoms with Gasteiger partial charge >= 0.3 is 5.97 Å². The predicted octanol–water partition coefficient (Wildman–Crippen LogP) is 8.33. The van der Waals surface area contributed by atoms with Gasteiger partial charge in [0.15, 0.2) is 11.6 Å². The molecule has 2 atom stereocenters. The van der Waals surface area contributed by atoms with Gasteiger partial charge in [0, 0.05) is 37.8 Å². The number of nitrogens with zero attached hydrogens (tertiary/aromatic N) is 2. The lowest BCUT2D eigenvalue weighted by Gasteiger charge is -2.33. The van der Waals surface area contributed by atoms with Gasteiger partial charge in [-0.3, -0.25) is 9.69 Å². The quantitative estimate of drug-likeness (QED) is 0.117. The number of β-amino-alcohol motifs (C(OH)–C–C–N with tert-alkyl or cyclic N) is 1. The standard InChI is InChI=1S/C42H47ClF2N2O6/c1-27-30(8-5-9-33(27)34-10-6-12-39(28(34)2)51-19-7-16-46-18-15-32(48)24-46)26-53-41-22-40(52-25-29-13-14-36(44)37(45)20-29)31(21-35(41)43)23-47-17-4-3-11-38(47)42(49)50/h5-6,8-10,12-14,20-22,32,38,48H,3-4,7,11,15-19,23-26H2,1-2H3,(H,49,50)/t32-,38+/m1/s1. The van der Waals surface area contributed by atoms with Gasteiger partial charge in [-0.1, -0.05) is 54.4 Å². The Hall–Kier alpha value is -4.22. The minimum Gasteiger partial charge on any atom is -0.493 e. The van der Waals surface area contributed by atoms with E-state index in [-0.39, 0.29) is 25.9 Å². The van der Waals surface area contributed by atoms with Gasteiger partial charge in [-0.2, -0.15) is 0 Å². The van der Waals surface area contributed by atoms with Crippen molar-refractivity contribution in [3.63, 3.8) is 0 Å². The van der Waals surface area contributed by atoms with E-state index in [0.717, 1.165) is 91.0 Å². The number of hydrogen-bond donors (Lipinski definition) is 2. The fourth-order valence-corrected chi connectivity index (χ4v) is 7.49. The molecule has 282 valence electrons. The molecule has 2 saturated heterocycles. The summed E-state index contributed by atoms with van der Waals surface area (Å²) in [6, 6.07) is 18.6. The van der Waals surface area contributed by atoms with Crippen molar-refractivity contribution in [2.24, 2.45) is 0 Å². The smallest absolute Gasteiger partial charge is 0.320 e. The average Bonchev–Trinajstić information content (AvgIpc) is 3.56. The number of halogens is 3. The van der Waals surface area contributed by atoms with E-state index in [9.17, 15) is 23.8 Å². The van der Waals surface area contributed by atoms with Crippen molar-refractivity contribution in [2.45, 2.75) is 77.9 Å². The number of ether oxygens (including phenoxy) is 3. The molecule has 11 heteroatoms. The maximum absolute atomic E-state index is 14.0. The number of hydrogen-bond acceptors (Lipinski definition) is 7. The van der Waals surface area contributed by atoms with Crippen LogP contribution in [-0.2, 0) is 24.6 Å². The molecule has 8 nitrogen and oxygen atoms in total. The second-order valence-electron chi connectivity index (χ2n) is 14.0. The first-order valence-corrected chi connectivity index (χ1v) is 18.7. The van der Waals surface area contributed by atoms with Crippen LogP contribution in [0.1, 0.15) is 59.9 Å². The highest BCUT2D eigenvalue weighted by Crippen LogP contribution is 2.37. The third kappa shape index (κ3) is 9.67. The summed E-state index contributed by atoms with van der Waals surface area (Å²) in [6.45, 7) is 8.35. The Morgan fingerprint density at radius 2 is 1.60 bits per heavy atom. The van der Waals surface area contributed by atoms with Gasteiger partial charge in [0.05, 0.1) is 17.7 Å². The highest BCUT2D eigenvalue weighted by Gasteiger charge is 2.29. The fraction of sp³-hybridized carbons (Fsp3) is 0.405. The van der Waals surface area contributed by atoms with E-state index >= 15 is 0 Å². The van der Waals surface area contributed by atoms with Crippen LogP contribution in [0.5, 0.6) is 17.2 Å². The number of piperidine rings is 1. The van der Waals surface area contributed by atoms with E-state index in [1.165, 1.54) is 6.07 Å². The minimum atomic E-state index is -0.966. The molecule has 4 aromatic rings. The monoisotopic (exact) mass is 748 g/mol. The summed E-state index contributed by atoms with van der Waals surface area (Å²) in [4.78, 5) is 16.2. The van der Waals surface area contributed by atoms with Crippen molar-refractivity contribution in [3.8, 4) is 28.4 Å². The predicted molar refractivity (Wildman–Crippen MR) is 201 cm³/mol. The van der Waals surface area contributed by atoms with Gasteiger partial charge < -0.3 is 29.3 Å². The van der Waals surface area contributed by atoms with Gasteiger partial charge in [-0.05, 0) is 104 Å². The fourth-order valence-electron chi connectivity index (χ4n) is 7.25. The Labute approximate surface area is 314 Å². The van der Waals surface area contributed by atoms with Gasteiger partial charge in [-0.25, -0.2) is 8.78 Å². The van der Waals surface area contributed by atoms with Crippen molar-refractivity contribution < 1.29 is 38.0 Å². The molecule has 6 rings (SSSR count). The molecule has 0 aromatic heterocycles. The van der Waals surface area contributed by atoms with Crippen molar-refractivity contribution in [2.75, 3.05) is 32.8 Å². The molecule has 4 aromatic carbocycles. The summed E-state index contributed by atoms with van der Waals surface area (Å²) >= 11 is 6.81. The van der Waals surface area contributed by atoms with Crippen LogP contribution in [-0.4, -0.2) is 70.9 Å². The second-order valence-corrected chi connectivity index (χ2v) is 14.4. The van der Waals surface area contributed by atoms with Crippen LogP contribution >= 0.6 is 11.6 Å². The zero-order valence-electron chi connectivity index (χ0n) is 30.3. The van der Waals surface area contributed by atoms with E-state index in [0.29, 0.717) is 47.2 Å². The van der Waals surface area contributed by atoms with Crippen LogP contribution in [0.15, 0.2) is 66.7 Å². The lowest BCUT2D eigenvalue weighted by atomic mass is 9.93. The maximum atomic E-state index is 14.0. The van der Waals surface area contributed by atoms with Crippen LogP contribution < -0.4 is 14.2 Å². The van der Waals surface area contributed by atoms with E-state index in [1.54, 1.807) is 12.1 Å². The Balaban J connectivity index is 1.18. The molecule has 0 spiro atoms. The molecule has 2 fully saturated rings. The third-order valence-corrected chi connectivity index (χ3v) is 10.6. The molecule has 0 bridgehead atoms. The largest absolute Gasteiger partial charge is 0.493 e. The molecule has 2 aliphatic heterocycles. The number of carbonyl (C=O) groups is 1. The van der Waals surface area contributed by atoms with Crippen molar-refractivity contribution in [1.29, 1.82) is 0 Å². The first kappa shape index (κ1) is 38.5. The van der Waals surface area contributed by atoms with Gasteiger partial charge in [0.25, 0.3) is 0 Å². The number of carboxylic acids is 1. The molecular formula is C42H47ClF2N2O6. The number of benzene rings is 4. The average molecular weight is 749 g/mol. The van der Waals surface area contributed by atoms with E-state index in [4.69, 9.17) is 25.8 Å². The lowest BCUT2D eigenvalue weighted by Crippen LogP contribution is -2.44. The van der Waals surface area contributed by atoms with Crippen molar-refractivity contribution >= 4 is 17.6 Å². The minimum absolute atomic E-state index is 0.0422. The zero-order valence-corrected chi connectivity index (χ0v) is 31.0. The molecule has 53 heavy (non-hydrogen) atoms. The lowest BCUT2D eigenvalue weighted by molar-refractivity contribution is -0.144. The first-order valence-electron chi connectivity index (χ1n) is 18.3. The normalized spacial score (nSPS) is 17.9. The highest BCUT2D eigenvalue weighted by atomic mass is 35.5. The summed E-state index contributed by atoms with van der Waals surface area (Å²) in [5.74, 6) is -1.15. The number of likely N-dealkylation sites (tertiary alicyclic amines) is 2. The van der Waals surface area contributed by atoms with Crippen LogP contribution in [0.3, 0.4) is 0 Å². The van der Waals surface area contributed by atoms with Crippen LogP contribution in [0.2, 0.25) is 5.02 Å². The molecule has 0 amide bonds. The number of rotatable bonds is 15. The Morgan fingerprint density at radius 3 is 2.36 bits per heavy atom. The van der Waals surface area contributed by atoms with Crippen molar-refractivity contribution in [3.05, 3.63) is 111 Å². The van der Waals surface area contributed by atoms with Crippen LogP contribution in [0, 0.1) is 25.5 Å².